The summed E-state index contributed by atoms with van der Waals surface area (Å²) in [6.45, 7) is 4.27. The Morgan fingerprint density at radius 3 is 2.57 bits per heavy atom. The summed E-state index contributed by atoms with van der Waals surface area (Å²) in [7, 11) is 1.68. The van der Waals surface area contributed by atoms with Crippen LogP contribution in [0.15, 0.2) is 46.1 Å². The van der Waals surface area contributed by atoms with E-state index >= 15 is 0 Å². The van der Waals surface area contributed by atoms with Gasteiger partial charge in [-0.1, -0.05) is 17.3 Å². The van der Waals surface area contributed by atoms with Crippen molar-refractivity contribution in [3.8, 4) is 0 Å². The molecule has 0 atom stereocenters. The van der Waals surface area contributed by atoms with Crippen LogP contribution in [-0.2, 0) is 19.3 Å². The molecule has 1 aliphatic heterocycles. The first-order chi connectivity index (χ1) is 13.0. The summed E-state index contributed by atoms with van der Waals surface area (Å²) in [5.41, 5.74) is 0.824. The molecule has 0 spiro atoms. The molecule has 0 saturated carbocycles. The van der Waals surface area contributed by atoms with Crippen LogP contribution in [0.5, 0.6) is 0 Å². The first kappa shape index (κ1) is 22.5. The molecule has 0 unspecified atom stereocenters. The molecule has 1 N–H and O–H groups in total. The first-order valence-corrected chi connectivity index (χ1v) is 8.69. The van der Waals surface area contributed by atoms with Crippen molar-refractivity contribution >= 4 is 29.9 Å². The predicted molar refractivity (Wildman–Crippen MR) is 110 cm³/mol. The van der Waals surface area contributed by atoms with E-state index in [1.54, 1.807) is 19.4 Å². The number of guanidine groups is 1. The molecule has 0 bridgehead atoms. The van der Waals surface area contributed by atoms with Gasteiger partial charge in [0.05, 0.1) is 11.3 Å². The van der Waals surface area contributed by atoms with Crippen LogP contribution in [0, 0.1) is 0 Å². The van der Waals surface area contributed by atoms with Crippen molar-refractivity contribution in [3.05, 3.63) is 53.4 Å². The third-order valence-electron chi connectivity index (χ3n) is 4.47. The molecule has 0 amide bonds. The standard InChI is InChI=1S/C18H22F3N5O.HI/c1-22-17(23-12-14-3-2-4-15(11-14)18(19,20)21)26-8-6-25(7-9-26)13-16-5-10-27-24-16;/h2-5,10-11H,6-9,12-13H2,1H3,(H,22,23);1H. The van der Waals surface area contributed by atoms with Gasteiger partial charge in [0.15, 0.2) is 5.96 Å². The number of benzene rings is 1. The lowest BCUT2D eigenvalue weighted by Gasteiger charge is -2.36. The number of hydrogen-bond acceptors (Lipinski definition) is 4. The second-order valence-electron chi connectivity index (χ2n) is 6.35. The number of aliphatic imine (C=N–C) groups is 1. The summed E-state index contributed by atoms with van der Waals surface area (Å²) in [5.74, 6) is 0.688. The van der Waals surface area contributed by atoms with Gasteiger partial charge in [-0.3, -0.25) is 9.89 Å². The number of hydrogen-bond donors (Lipinski definition) is 1. The minimum absolute atomic E-state index is 0. The maximum Gasteiger partial charge on any atom is 0.416 e. The fourth-order valence-electron chi connectivity index (χ4n) is 3.04. The first-order valence-electron chi connectivity index (χ1n) is 8.69. The van der Waals surface area contributed by atoms with Gasteiger partial charge in [-0.25, -0.2) is 0 Å². The highest BCUT2D eigenvalue weighted by molar-refractivity contribution is 14.0. The quantitative estimate of drug-likeness (QED) is 0.390. The zero-order valence-corrected chi connectivity index (χ0v) is 17.8. The Morgan fingerprint density at radius 2 is 1.96 bits per heavy atom. The zero-order chi connectivity index (χ0) is 19.3. The van der Waals surface area contributed by atoms with Crippen molar-refractivity contribution in [1.82, 2.24) is 20.3 Å². The Balaban J connectivity index is 0.00000280. The molecule has 1 aromatic carbocycles. The molecular formula is C18H23F3IN5O. The van der Waals surface area contributed by atoms with Gasteiger partial charge in [0.1, 0.15) is 6.26 Å². The number of halogens is 4. The normalized spacial score (nSPS) is 16.0. The highest BCUT2D eigenvalue weighted by Gasteiger charge is 2.30. The van der Waals surface area contributed by atoms with E-state index in [2.05, 4.69) is 25.3 Å². The average Bonchev–Trinajstić information content (AvgIpc) is 3.16. The molecule has 1 saturated heterocycles. The van der Waals surface area contributed by atoms with E-state index in [1.165, 1.54) is 6.07 Å². The van der Waals surface area contributed by atoms with Gasteiger partial charge in [0.2, 0.25) is 0 Å². The SMILES string of the molecule is CN=C(NCc1cccc(C(F)(F)F)c1)N1CCN(Cc2ccon2)CC1.I. The van der Waals surface area contributed by atoms with Crippen molar-refractivity contribution in [2.45, 2.75) is 19.3 Å². The molecule has 3 rings (SSSR count). The molecule has 6 nitrogen and oxygen atoms in total. The van der Waals surface area contributed by atoms with E-state index in [0.29, 0.717) is 11.5 Å². The van der Waals surface area contributed by atoms with Gasteiger partial charge in [0.25, 0.3) is 0 Å². The second-order valence-corrected chi connectivity index (χ2v) is 6.35. The highest BCUT2D eigenvalue weighted by Crippen LogP contribution is 2.29. The Hall–Kier alpha value is -1.82. The molecule has 1 fully saturated rings. The van der Waals surface area contributed by atoms with Gasteiger partial charge in [-0.15, -0.1) is 24.0 Å². The molecule has 10 heteroatoms. The van der Waals surface area contributed by atoms with Gasteiger partial charge in [-0.2, -0.15) is 13.2 Å². The van der Waals surface area contributed by atoms with Crippen LogP contribution < -0.4 is 5.32 Å². The molecule has 154 valence electrons. The predicted octanol–water partition coefficient (Wildman–Crippen LogP) is 3.20. The maximum absolute atomic E-state index is 12.8. The molecular weight excluding hydrogens is 486 g/mol. The summed E-state index contributed by atoms with van der Waals surface area (Å²) >= 11 is 0. The molecule has 2 heterocycles. The van der Waals surface area contributed by atoms with Crippen molar-refractivity contribution < 1.29 is 17.7 Å². The van der Waals surface area contributed by atoms with Crippen molar-refractivity contribution in [1.29, 1.82) is 0 Å². The molecule has 0 radical (unpaired) electrons. The molecule has 0 aliphatic carbocycles. The molecule has 1 aromatic heterocycles. The van der Waals surface area contributed by atoms with Crippen LogP contribution in [0.2, 0.25) is 0 Å². The molecule has 1 aliphatic rings. The average molecular weight is 509 g/mol. The van der Waals surface area contributed by atoms with Crippen LogP contribution in [0.4, 0.5) is 13.2 Å². The zero-order valence-electron chi connectivity index (χ0n) is 15.4. The lowest BCUT2D eigenvalue weighted by atomic mass is 10.1. The highest BCUT2D eigenvalue weighted by atomic mass is 127. The fraction of sp³-hybridized carbons (Fsp3) is 0.444. The third kappa shape index (κ3) is 6.09. The van der Waals surface area contributed by atoms with Gasteiger partial charge in [0, 0.05) is 52.4 Å². The van der Waals surface area contributed by atoms with Crippen LogP contribution in [0.25, 0.3) is 0 Å². The Morgan fingerprint density at radius 1 is 1.21 bits per heavy atom. The lowest BCUT2D eigenvalue weighted by Crippen LogP contribution is -2.52. The Labute approximate surface area is 178 Å². The second kappa shape index (κ2) is 10.1. The lowest BCUT2D eigenvalue weighted by molar-refractivity contribution is -0.137. The largest absolute Gasteiger partial charge is 0.416 e. The van der Waals surface area contributed by atoms with E-state index in [-0.39, 0.29) is 30.5 Å². The van der Waals surface area contributed by atoms with E-state index in [9.17, 15) is 13.2 Å². The van der Waals surface area contributed by atoms with Crippen molar-refractivity contribution in [3.63, 3.8) is 0 Å². The number of alkyl halides is 3. The van der Waals surface area contributed by atoms with E-state index in [1.807, 2.05) is 6.07 Å². The van der Waals surface area contributed by atoms with Crippen LogP contribution >= 0.6 is 24.0 Å². The van der Waals surface area contributed by atoms with Crippen molar-refractivity contribution in [2.24, 2.45) is 4.99 Å². The summed E-state index contributed by atoms with van der Waals surface area (Å²) < 4.78 is 43.3. The molecule has 2 aromatic rings. The summed E-state index contributed by atoms with van der Waals surface area (Å²) in [6, 6.07) is 7.18. The third-order valence-corrected chi connectivity index (χ3v) is 4.47. The smallest absolute Gasteiger partial charge is 0.364 e. The summed E-state index contributed by atoms with van der Waals surface area (Å²) in [5, 5.41) is 7.08. The van der Waals surface area contributed by atoms with Gasteiger partial charge >= 0.3 is 6.18 Å². The number of aromatic nitrogens is 1. The number of rotatable bonds is 4. The number of nitrogens with one attached hydrogen (secondary N) is 1. The minimum atomic E-state index is -4.34. The van der Waals surface area contributed by atoms with E-state index < -0.39 is 11.7 Å². The van der Waals surface area contributed by atoms with Crippen LogP contribution in [0.1, 0.15) is 16.8 Å². The van der Waals surface area contributed by atoms with Crippen LogP contribution in [0.3, 0.4) is 0 Å². The Bertz CT molecular complexity index is 759. The topological polar surface area (TPSA) is 56.9 Å². The minimum Gasteiger partial charge on any atom is -0.364 e. The van der Waals surface area contributed by atoms with Crippen molar-refractivity contribution in [2.75, 3.05) is 33.2 Å². The van der Waals surface area contributed by atoms with Gasteiger partial charge in [-0.05, 0) is 17.7 Å². The number of piperazine rings is 1. The van der Waals surface area contributed by atoms with Gasteiger partial charge < -0.3 is 14.7 Å². The summed E-state index contributed by atoms with van der Waals surface area (Å²) in [6.07, 6.45) is -2.77. The summed E-state index contributed by atoms with van der Waals surface area (Å²) in [4.78, 5) is 8.64. The fourth-order valence-corrected chi connectivity index (χ4v) is 3.04. The maximum atomic E-state index is 12.8. The van der Waals surface area contributed by atoms with E-state index in [4.69, 9.17) is 4.52 Å². The monoisotopic (exact) mass is 509 g/mol. The molecule has 28 heavy (non-hydrogen) atoms. The number of nitrogens with zero attached hydrogens (tertiary/aromatic N) is 4. The van der Waals surface area contributed by atoms with Crippen LogP contribution in [-0.4, -0.2) is 54.1 Å². The van der Waals surface area contributed by atoms with E-state index in [0.717, 1.165) is 50.6 Å². The Kier molecular flexibility index (Phi) is 8.10.